The first kappa shape index (κ1) is 19.3. The number of hydrogen-bond donors (Lipinski definition) is 4. The van der Waals surface area contributed by atoms with Gasteiger partial charge in [0.05, 0.1) is 26.9 Å². The topological polar surface area (TPSA) is 109 Å². The van der Waals surface area contributed by atoms with E-state index in [1.807, 2.05) is 0 Å². The van der Waals surface area contributed by atoms with E-state index in [0.29, 0.717) is 17.7 Å². The Bertz CT molecular complexity index is 792. The molecule has 0 aromatic heterocycles. The Hall–Kier alpha value is -2.48. The summed E-state index contributed by atoms with van der Waals surface area (Å²) < 4.78 is 15.6. The summed E-state index contributed by atoms with van der Waals surface area (Å²) in [5.41, 5.74) is 1.42. The Morgan fingerprint density at radius 2 is 1.67 bits per heavy atom. The standard InChI is InChI=1S/C20H24O7/c1-25-17-8-11(3-5-15(17)21)7-13-14(10-27-20(13)24)19(23)12-4-6-16(22)18(9-12)26-2/h3-6,8-9,13-14,19-24H,7,10H2,1-2H3. The fraction of sp³-hybridized carbons (Fsp3) is 0.400. The smallest absolute Gasteiger partial charge is 0.160 e. The van der Waals surface area contributed by atoms with Crippen LogP contribution in [0.2, 0.25) is 0 Å². The molecule has 146 valence electrons. The zero-order valence-electron chi connectivity index (χ0n) is 15.2. The fourth-order valence-corrected chi connectivity index (χ4v) is 3.49. The number of aliphatic hydroxyl groups is 2. The Labute approximate surface area is 157 Å². The number of phenols is 2. The molecule has 0 spiro atoms. The Kier molecular flexibility index (Phi) is 5.74. The maximum atomic E-state index is 10.8. The number of hydrogen-bond acceptors (Lipinski definition) is 7. The van der Waals surface area contributed by atoms with Crippen molar-refractivity contribution in [1.29, 1.82) is 0 Å². The van der Waals surface area contributed by atoms with Crippen LogP contribution < -0.4 is 9.47 Å². The Balaban J connectivity index is 1.82. The first-order valence-electron chi connectivity index (χ1n) is 8.65. The Morgan fingerprint density at radius 3 is 2.33 bits per heavy atom. The van der Waals surface area contributed by atoms with Gasteiger partial charge in [-0.05, 0) is 41.8 Å². The molecule has 4 N–H and O–H groups in total. The molecule has 0 saturated carbocycles. The molecule has 1 aliphatic rings. The van der Waals surface area contributed by atoms with Crippen molar-refractivity contribution < 1.29 is 34.6 Å². The third-order valence-corrected chi connectivity index (χ3v) is 5.04. The van der Waals surface area contributed by atoms with Crippen molar-refractivity contribution in [2.45, 2.75) is 18.8 Å². The minimum Gasteiger partial charge on any atom is -0.504 e. The Morgan fingerprint density at radius 1 is 1.04 bits per heavy atom. The van der Waals surface area contributed by atoms with Gasteiger partial charge in [0.1, 0.15) is 0 Å². The van der Waals surface area contributed by atoms with E-state index in [1.165, 1.54) is 26.4 Å². The summed E-state index contributed by atoms with van der Waals surface area (Å²) in [5.74, 6) is -0.0589. The van der Waals surface area contributed by atoms with Crippen LogP contribution in [0.5, 0.6) is 23.0 Å². The van der Waals surface area contributed by atoms with Gasteiger partial charge in [0, 0.05) is 11.8 Å². The molecular weight excluding hydrogens is 352 g/mol. The molecule has 1 fully saturated rings. The molecule has 4 unspecified atom stereocenters. The summed E-state index contributed by atoms with van der Waals surface area (Å²) in [6, 6.07) is 9.64. The van der Waals surface area contributed by atoms with Gasteiger partial charge in [-0.25, -0.2) is 0 Å². The lowest BCUT2D eigenvalue weighted by molar-refractivity contribution is -0.0823. The lowest BCUT2D eigenvalue weighted by atomic mass is 9.82. The molecule has 1 saturated heterocycles. The SMILES string of the molecule is COc1cc(CC2C(O)OCC2C(O)c2ccc(O)c(OC)c2)ccc1O. The van der Waals surface area contributed by atoms with Gasteiger partial charge in [0.15, 0.2) is 29.3 Å². The van der Waals surface area contributed by atoms with Crippen LogP contribution in [0, 0.1) is 11.8 Å². The van der Waals surface area contributed by atoms with Crippen molar-refractivity contribution in [1.82, 2.24) is 0 Å². The molecule has 4 atom stereocenters. The predicted molar refractivity (Wildman–Crippen MR) is 96.9 cm³/mol. The van der Waals surface area contributed by atoms with Crippen molar-refractivity contribution in [2.75, 3.05) is 20.8 Å². The minimum atomic E-state index is -1.01. The van der Waals surface area contributed by atoms with Crippen molar-refractivity contribution in [3.05, 3.63) is 47.5 Å². The van der Waals surface area contributed by atoms with Gasteiger partial charge < -0.3 is 34.6 Å². The third-order valence-electron chi connectivity index (χ3n) is 5.04. The van der Waals surface area contributed by atoms with Gasteiger partial charge in [0.25, 0.3) is 0 Å². The maximum absolute atomic E-state index is 10.8. The highest BCUT2D eigenvalue weighted by Gasteiger charge is 2.41. The molecular formula is C20H24O7. The minimum absolute atomic E-state index is 0.0103. The molecule has 1 heterocycles. The summed E-state index contributed by atoms with van der Waals surface area (Å²) in [4.78, 5) is 0. The van der Waals surface area contributed by atoms with Crippen LogP contribution in [0.25, 0.3) is 0 Å². The van der Waals surface area contributed by atoms with Crippen molar-refractivity contribution in [3.63, 3.8) is 0 Å². The highest BCUT2D eigenvalue weighted by molar-refractivity contribution is 5.43. The number of aliphatic hydroxyl groups excluding tert-OH is 2. The van der Waals surface area contributed by atoms with Crippen molar-refractivity contribution in [3.8, 4) is 23.0 Å². The highest BCUT2D eigenvalue weighted by atomic mass is 16.6. The van der Waals surface area contributed by atoms with Crippen LogP contribution in [0.15, 0.2) is 36.4 Å². The molecule has 0 aliphatic carbocycles. The third kappa shape index (κ3) is 3.95. The van der Waals surface area contributed by atoms with E-state index in [4.69, 9.17) is 14.2 Å². The average Bonchev–Trinajstić information content (AvgIpc) is 3.03. The number of phenolic OH excluding ortho intramolecular Hbond substituents is 2. The molecule has 7 nitrogen and oxygen atoms in total. The van der Waals surface area contributed by atoms with Gasteiger partial charge in [0.2, 0.25) is 0 Å². The molecule has 1 aliphatic heterocycles. The van der Waals surface area contributed by atoms with Crippen LogP contribution >= 0.6 is 0 Å². The van der Waals surface area contributed by atoms with E-state index in [0.717, 1.165) is 5.56 Å². The molecule has 7 heteroatoms. The highest BCUT2D eigenvalue weighted by Crippen LogP contribution is 2.40. The number of aromatic hydroxyl groups is 2. The fourth-order valence-electron chi connectivity index (χ4n) is 3.49. The molecule has 0 amide bonds. The summed E-state index contributed by atoms with van der Waals surface area (Å²) in [6.07, 6.45) is -1.47. The lowest BCUT2D eigenvalue weighted by Gasteiger charge is -2.25. The van der Waals surface area contributed by atoms with Gasteiger partial charge in [-0.2, -0.15) is 0 Å². The van der Waals surface area contributed by atoms with E-state index < -0.39 is 12.4 Å². The zero-order valence-corrected chi connectivity index (χ0v) is 15.2. The quantitative estimate of drug-likeness (QED) is 0.610. The number of benzene rings is 2. The van der Waals surface area contributed by atoms with Crippen LogP contribution in [-0.2, 0) is 11.2 Å². The molecule has 0 bridgehead atoms. The van der Waals surface area contributed by atoms with E-state index in [9.17, 15) is 20.4 Å². The van der Waals surface area contributed by atoms with Gasteiger partial charge in [-0.3, -0.25) is 0 Å². The summed E-state index contributed by atoms with van der Waals surface area (Å²) >= 11 is 0. The van der Waals surface area contributed by atoms with Gasteiger partial charge >= 0.3 is 0 Å². The second kappa shape index (κ2) is 8.04. The van der Waals surface area contributed by atoms with E-state index in [1.54, 1.807) is 24.3 Å². The van der Waals surface area contributed by atoms with E-state index >= 15 is 0 Å². The van der Waals surface area contributed by atoms with Gasteiger partial charge in [-0.1, -0.05) is 12.1 Å². The predicted octanol–water partition coefficient (Wildman–Crippen LogP) is 1.97. The summed E-state index contributed by atoms with van der Waals surface area (Å²) in [5, 5.41) is 40.6. The lowest BCUT2D eigenvalue weighted by Crippen LogP contribution is -2.27. The largest absolute Gasteiger partial charge is 0.504 e. The monoisotopic (exact) mass is 376 g/mol. The zero-order chi connectivity index (χ0) is 19.6. The van der Waals surface area contributed by atoms with E-state index in [-0.39, 0.29) is 35.7 Å². The summed E-state index contributed by atoms with van der Waals surface area (Å²) in [6.45, 7) is 0.200. The number of rotatable bonds is 6. The van der Waals surface area contributed by atoms with E-state index in [2.05, 4.69) is 0 Å². The maximum Gasteiger partial charge on any atom is 0.160 e. The second-order valence-electron chi connectivity index (χ2n) is 6.64. The first-order chi connectivity index (χ1) is 12.9. The van der Waals surface area contributed by atoms with Crippen LogP contribution in [0.4, 0.5) is 0 Å². The molecule has 2 aromatic rings. The van der Waals surface area contributed by atoms with Crippen molar-refractivity contribution in [2.24, 2.45) is 11.8 Å². The molecule has 2 aromatic carbocycles. The normalized spacial score (nSPS) is 23.2. The van der Waals surface area contributed by atoms with Gasteiger partial charge in [-0.15, -0.1) is 0 Å². The van der Waals surface area contributed by atoms with Crippen molar-refractivity contribution >= 4 is 0 Å². The average molecular weight is 376 g/mol. The summed E-state index contributed by atoms with van der Waals surface area (Å²) in [7, 11) is 2.91. The molecule has 0 radical (unpaired) electrons. The molecule has 3 rings (SSSR count). The van der Waals surface area contributed by atoms with Crippen LogP contribution in [-0.4, -0.2) is 47.5 Å². The molecule has 27 heavy (non-hydrogen) atoms. The van der Waals surface area contributed by atoms with Crippen LogP contribution in [0.1, 0.15) is 17.2 Å². The van der Waals surface area contributed by atoms with Crippen LogP contribution in [0.3, 0.4) is 0 Å². The first-order valence-corrected chi connectivity index (χ1v) is 8.65. The number of methoxy groups -OCH3 is 2. The number of ether oxygens (including phenoxy) is 3. The second-order valence-corrected chi connectivity index (χ2v) is 6.64.